The molecular formula is C17H32BrNO5. The molecule has 1 fully saturated rings. The molecular weight excluding hydrogens is 378 g/mol. The molecule has 6 nitrogen and oxygen atoms in total. The van der Waals surface area contributed by atoms with E-state index < -0.39 is 29.9 Å². The van der Waals surface area contributed by atoms with Gasteiger partial charge in [-0.3, -0.25) is 9.59 Å². The Kier molecular flexibility index (Phi) is 11.5. The molecule has 1 aliphatic heterocycles. The molecule has 1 rings (SSSR count). The van der Waals surface area contributed by atoms with E-state index in [1.54, 1.807) is 0 Å². The molecule has 0 spiro atoms. The summed E-state index contributed by atoms with van der Waals surface area (Å²) in [5.41, 5.74) is 0. The van der Waals surface area contributed by atoms with Crippen LogP contribution >= 0.6 is 17.0 Å². The number of halogens is 1. The van der Waals surface area contributed by atoms with E-state index in [1.165, 1.54) is 14.2 Å². The van der Waals surface area contributed by atoms with Crippen LogP contribution in [0.15, 0.2) is 0 Å². The van der Waals surface area contributed by atoms with E-state index >= 15 is 0 Å². The van der Waals surface area contributed by atoms with Gasteiger partial charge in [0.05, 0.1) is 32.2 Å². The first-order valence-corrected chi connectivity index (χ1v) is 8.61. The van der Waals surface area contributed by atoms with E-state index in [9.17, 15) is 14.7 Å². The molecule has 0 aliphatic carbocycles. The van der Waals surface area contributed by atoms with Crippen LogP contribution in [-0.2, 0) is 19.1 Å². The maximum absolute atomic E-state index is 12.2. The van der Waals surface area contributed by atoms with Crippen molar-refractivity contribution in [1.29, 1.82) is 0 Å². The summed E-state index contributed by atoms with van der Waals surface area (Å²) in [6, 6.07) is -0.361. The van der Waals surface area contributed by atoms with E-state index in [2.05, 4.69) is 19.2 Å². The van der Waals surface area contributed by atoms with Crippen LogP contribution in [0.5, 0.6) is 0 Å². The highest BCUT2D eigenvalue weighted by molar-refractivity contribution is 8.93. The Balaban J connectivity index is 0.00000529. The van der Waals surface area contributed by atoms with Crippen LogP contribution in [0.3, 0.4) is 0 Å². The molecule has 2 N–H and O–H groups in total. The van der Waals surface area contributed by atoms with Gasteiger partial charge in [0.25, 0.3) is 0 Å². The molecule has 0 radical (unpaired) electrons. The summed E-state index contributed by atoms with van der Waals surface area (Å²) in [6.45, 7) is 4.16. The van der Waals surface area contributed by atoms with E-state index in [0.717, 1.165) is 38.5 Å². The Morgan fingerprint density at radius 2 is 1.29 bits per heavy atom. The maximum atomic E-state index is 12.2. The summed E-state index contributed by atoms with van der Waals surface area (Å²) in [7, 11) is 2.62. The van der Waals surface area contributed by atoms with Gasteiger partial charge in [-0.15, -0.1) is 17.0 Å². The first kappa shape index (κ1) is 23.3. The van der Waals surface area contributed by atoms with Gasteiger partial charge in [0.1, 0.15) is 0 Å². The predicted octanol–water partition coefficient (Wildman–Crippen LogP) is 2.22. The molecule has 7 heteroatoms. The van der Waals surface area contributed by atoms with Crippen molar-refractivity contribution in [2.75, 3.05) is 14.2 Å². The number of aliphatic hydroxyl groups excluding tert-OH is 1. The summed E-state index contributed by atoms with van der Waals surface area (Å²) in [5.74, 6) is -2.44. The first-order chi connectivity index (χ1) is 11.0. The number of nitrogens with one attached hydrogen (secondary N) is 1. The molecule has 1 heterocycles. The molecule has 0 aromatic heterocycles. The fourth-order valence-corrected chi connectivity index (χ4v) is 3.44. The van der Waals surface area contributed by atoms with Gasteiger partial charge in [-0.1, -0.05) is 39.5 Å². The van der Waals surface area contributed by atoms with Crippen molar-refractivity contribution in [1.82, 2.24) is 5.32 Å². The second kappa shape index (κ2) is 11.8. The number of ether oxygens (including phenoxy) is 2. The van der Waals surface area contributed by atoms with E-state index in [1.807, 2.05) is 0 Å². The third-order valence-electron chi connectivity index (χ3n) is 4.72. The Labute approximate surface area is 155 Å². The number of unbranched alkanes of at least 4 members (excludes halogenated alkanes) is 2. The Hall–Kier alpha value is -0.660. The smallest absolute Gasteiger partial charge is 0.312 e. The summed E-state index contributed by atoms with van der Waals surface area (Å²) < 4.78 is 9.71. The maximum Gasteiger partial charge on any atom is 0.312 e. The van der Waals surface area contributed by atoms with E-state index in [0.29, 0.717) is 0 Å². The van der Waals surface area contributed by atoms with Crippen LogP contribution in [0.1, 0.15) is 52.4 Å². The van der Waals surface area contributed by atoms with E-state index in [4.69, 9.17) is 9.47 Å². The normalized spacial score (nSPS) is 29.5. The summed E-state index contributed by atoms with van der Waals surface area (Å²) in [5, 5.41) is 14.2. The molecule has 2 unspecified atom stereocenters. The van der Waals surface area contributed by atoms with Crippen molar-refractivity contribution >= 4 is 28.9 Å². The van der Waals surface area contributed by atoms with Crippen molar-refractivity contribution in [2.24, 2.45) is 11.8 Å². The Morgan fingerprint density at radius 3 is 1.58 bits per heavy atom. The molecule has 0 bridgehead atoms. The van der Waals surface area contributed by atoms with Crippen molar-refractivity contribution in [3.05, 3.63) is 0 Å². The topological polar surface area (TPSA) is 84.9 Å². The molecule has 4 atom stereocenters. The van der Waals surface area contributed by atoms with Gasteiger partial charge in [-0.2, -0.15) is 0 Å². The number of hydrogen-bond donors (Lipinski definition) is 2. The predicted molar refractivity (Wildman–Crippen MR) is 97.1 cm³/mol. The average molecular weight is 410 g/mol. The molecule has 0 saturated carbocycles. The lowest BCUT2D eigenvalue weighted by atomic mass is 9.74. The van der Waals surface area contributed by atoms with Crippen molar-refractivity contribution in [2.45, 2.75) is 70.6 Å². The van der Waals surface area contributed by atoms with Crippen molar-refractivity contribution < 1.29 is 24.2 Å². The minimum atomic E-state index is -1.08. The van der Waals surface area contributed by atoms with Crippen LogP contribution in [-0.4, -0.2) is 49.5 Å². The van der Waals surface area contributed by atoms with Gasteiger partial charge in [0, 0.05) is 12.1 Å². The largest absolute Gasteiger partial charge is 0.469 e. The monoisotopic (exact) mass is 409 g/mol. The summed E-state index contributed by atoms with van der Waals surface area (Å²) in [4.78, 5) is 24.3. The van der Waals surface area contributed by atoms with Gasteiger partial charge in [0.15, 0.2) is 0 Å². The molecule has 142 valence electrons. The van der Waals surface area contributed by atoms with Crippen molar-refractivity contribution in [3.8, 4) is 0 Å². The lowest BCUT2D eigenvalue weighted by Gasteiger charge is -2.43. The number of esters is 2. The van der Waals surface area contributed by atoms with Crippen LogP contribution in [0, 0.1) is 11.8 Å². The summed E-state index contributed by atoms with van der Waals surface area (Å²) >= 11 is 0. The fourth-order valence-electron chi connectivity index (χ4n) is 3.44. The molecule has 0 aromatic carbocycles. The van der Waals surface area contributed by atoms with Gasteiger partial charge < -0.3 is 19.9 Å². The minimum Gasteiger partial charge on any atom is -0.469 e. The number of carbonyl (C=O) groups excluding carboxylic acids is 2. The third-order valence-corrected chi connectivity index (χ3v) is 4.72. The lowest BCUT2D eigenvalue weighted by molar-refractivity contribution is -0.166. The van der Waals surface area contributed by atoms with Gasteiger partial charge in [-0.05, 0) is 12.8 Å². The average Bonchev–Trinajstić information content (AvgIpc) is 2.56. The highest BCUT2D eigenvalue weighted by Gasteiger charge is 2.50. The highest BCUT2D eigenvalue weighted by atomic mass is 79.9. The number of piperidine rings is 1. The third kappa shape index (κ3) is 5.70. The first-order valence-electron chi connectivity index (χ1n) is 8.61. The molecule has 0 aromatic rings. The van der Waals surface area contributed by atoms with Crippen LogP contribution < -0.4 is 5.32 Å². The number of aliphatic hydroxyl groups is 1. The van der Waals surface area contributed by atoms with Crippen molar-refractivity contribution in [3.63, 3.8) is 0 Å². The standard InChI is InChI=1S/C17H31NO5.BrH/c1-5-7-9-11-13(16(20)22-3)15(19)14(17(21)23-4)12(18-11)10-8-6-2;/h11-15,18-19H,5-10H2,1-4H3;1H/t11-,12-,13?,14?,15?;/m1./s1. The zero-order chi connectivity index (χ0) is 17.4. The van der Waals surface area contributed by atoms with Gasteiger partial charge >= 0.3 is 11.9 Å². The molecule has 24 heavy (non-hydrogen) atoms. The number of carbonyl (C=O) groups is 2. The van der Waals surface area contributed by atoms with Gasteiger partial charge in [0.2, 0.25) is 0 Å². The SMILES string of the molecule is Br.CCCC[C@H]1N[C@H](CCCC)C(C(=O)OC)C(O)C1C(=O)OC. The van der Waals surface area contributed by atoms with Gasteiger partial charge in [-0.25, -0.2) is 0 Å². The number of hydrogen-bond acceptors (Lipinski definition) is 6. The molecule has 0 amide bonds. The Bertz CT molecular complexity index is 359. The molecule has 1 aliphatic rings. The van der Waals surface area contributed by atoms with Crippen LogP contribution in [0.25, 0.3) is 0 Å². The zero-order valence-corrected chi connectivity index (χ0v) is 16.8. The number of methoxy groups -OCH3 is 2. The fraction of sp³-hybridized carbons (Fsp3) is 0.882. The second-order valence-corrected chi connectivity index (χ2v) is 6.25. The van der Waals surface area contributed by atoms with Crippen LogP contribution in [0.2, 0.25) is 0 Å². The quantitative estimate of drug-likeness (QED) is 0.597. The van der Waals surface area contributed by atoms with Crippen LogP contribution in [0.4, 0.5) is 0 Å². The Morgan fingerprint density at radius 1 is 0.917 bits per heavy atom. The zero-order valence-electron chi connectivity index (χ0n) is 15.1. The number of rotatable bonds is 8. The minimum absolute atomic E-state index is 0. The van der Waals surface area contributed by atoms with E-state index in [-0.39, 0.29) is 29.1 Å². The highest BCUT2D eigenvalue weighted by Crippen LogP contribution is 2.32. The summed E-state index contributed by atoms with van der Waals surface area (Å²) in [6.07, 6.45) is 4.35. The second-order valence-electron chi connectivity index (χ2n) is 6.25. The molecule has 1 saturated heterocycles. The lowest BCUT2D eigenvalue weighted by Crippen LogP contribution is -2.63.